The Labute approximate surface area is 162 Å². The Morgan fingerprint density at radius 2 is 1.93 bits per heavy atom. The van der Waals surface area contributed by atoms with Crippen molar-refractivity contribution < 1.29 is 9.59 Å². The zero-order valence-corrected chi connectivity index (χ0v) is 15.4. The number of nitrogens with zero attached hydrogens (tertiary/aromatic N) is 3. The van der Waals surface area contributed by atoms with Gasteiger partial charge in [0.15, 0.2) is 0 Å². The summed E-state index contributed by atoms with van der Waals surface area (Å²) in [6.07, 6.45) is 3.62. The number of pyridine rings is 1. The van der Waals surface area contributed by atoms with Crippen LogP contribution in [0.4, 0.5) is 16.3 Å². The summed E-state index contributed by atoms with van der Waals surface area (Å²) in [4.78, 5) is 35.8. The van der Waals surface area contributed by atoms with E-state index in [1.165, 1.54) is 0 Å². The van der Waals surface area contributed by atoms with Gasteiger partial charge in [-0.25, -0.2) is 9.78 Å². The molecule has 1 aliphatic heterocycles. The van der Waals surface area contributed by atoms with Crippen LogP contribution in [0.3, 0.4) is 0 Å². The first-order valence-corrected chi connectivity index (χ1v) is 9.25. The van der Waals surface area contributed by atoms with Crippen LogP contribution in [0, 0.1) is 0 Å². The average Bonchev–Trinajstić information content (AvgIpc) is 3.21. The molecule has 1 aromatic carbocycles. The highest BCUT2D eigenvalue weighted by molar-refractivity contribution is 5.96. The van der Waals surface area contributed by atoms with E-state index in [4.69, 9.17) is 0 Å². The fraction of sp³-hybridized carbons (Fsp3) is 0.250. The summed E-state index contributed by atoms with van der Waals surface area (Å²) in [5.74, 6) is 0.664. The molecular weight excluding hydrogens is 356 g/mol. The number of benzene rings is 1. The Morgan fingerprint density at radius 3 is 2.71 bits per heavy atom. The molecule has 8 heteroatoms. The SMILES string of the molecule is O=C(CNC(=O)N1CCN(c2ccccn2)CC1)Nc1ccc2[nH]ccc2c1. The van der Waals surface area contributed by atoms with Gasteiger partial charge in [0, 0.05) is 55.2 Å². The molecular formula is C20H22N6O2. The van der Waals surface area contributed by atoms with Crippen molar-refractivity contribution in [1.29, 1.82) is 0 Å². The Hall–Kier alpha value is -3.55. The van der Waals surface area contributed by atoms with Crippen LogP contribution in [0.1, 0.15) is 0 Å². The maximum Gasteiger partial charge on any atom is 0.317 e. The minimum atomic E-state index is -0.254. The smallest absolute Gasteiger partial charge is 0.317 e. The second-order valence-electron chi connectivity index (χ2n) is 6.65. The van der Waals surface area contributed by atoms with Crippen LogP contribution in [0.15, 0.2) is 54.9 Å². The molecule has 28 heavy (non-hydrogen) atoms. The van der Waals surface area contributed by atoms with Gasteiger partial charge in [-0.3, -0.25) is 4.79 Å². The van der Waals surface area contributed by atoms with Crippen molar-refractivity contribution in [2.45, 2.75) is 0 Å². The number of piperazine rings is 1. The van der Waals surface area contributed by atoms with Gasteiger partial charge in [0.1, 0.15) is 5.82 Å². The van der Waals surface area contributed by atoms with E-state index in [-0.39, 0.29) is 18.5 Å². The minimum absolute atomic E-state index is 0.0650. The van der Waals surface area contributed by atoms with Gasteiger partial charge in [-0.05, 0) is 36.4 Å². The first-order valence-electron chi connectivity index (χ1n) is 9.25. The number of urea groups is 1. The van der Waals surface area contributed by atoms with Crippen LogP contribution >= 0.6 is 0 Å². The van der Waals surface area contributed by atoms with E-state index in [0.717, 1.165) is 16.7 Å². The lowest BCUT2D eigenvalue weighted by molar-refractivity contribution is -0.115. The van der Waals surface area contributed by atoms with Crippen LogP contribution < -0.4 is 15.5 Å². The zero-order valence-electron chi connectivity index (χ0n) is 15.4. The van der Waals surface area contributed by atoms with Crippen molar-refractivity contribution in [1.82, 2.24) is 20.2 Å². The predicted octanol–water partition coefficient (Wildman–Crippen LogP) is 2.03. The van der Waals surface area contributed by atoms with Crippen LogP contribution in [-0.4, -0.2) is 59.5 Å². The summed E-state index contributed by atoms with van der Waals surface area (Å²) < 4.78 is 0. The van der Waals surface area contributed by atoms with Crippen molar-refractivity contribution in [3.63, 3.8) is 0 Å². The maximum atomic E-state index is 12.3. The molecule has 144 valence electrons. The molecule has 3 aromatic rings. The average molecular weight is 378 g/mol. The number of carbonyl (C=O) groups excluding carboxylic acids is 2. The van der Waals surface area contributed by atoms with Crippen molar-refractivity contribution in [2.75, 3.05) is 42.9 Å². The molecule has 0 saturated carbocycles. The van der Waals surface area contributed by atoms with Gasteiger partial charge in [-0.15, -0.1) is 0 Å². The molecule has 0 bridgehead atoms. The maximum absolute atomic E-state index is 12.3. The highest BCUT2D eigenvalue weighted by Gasteiger charge is 2.22. The number of aromatic nitrogens is 2. The fourth-order valence-electron chi connectivity index (χ4n) is 3.28. The van der Waals surface area contributed by atoms with Gasteiger partial charge >= 0.3 is 6.03 Å². The van der Waals surface area contributed by atoms with E-state index in [2.05, 4.69) is 25.5 Å². The summed E-state index contributed by atoms with van der Waals surface area (Å²) in [5, 5.41) is 6.52. The number of H-pyrrole nitrogens is 1. The molecule has 0 radical (unpaired) electrons. The summed E-state index contributed by atoms with van der Waals surface area (Å²) in [6, 6.07) is 13.1. The van der Waals surface area contributed by atoms with Crippen LogP contribution in [0.2, 0.25) is 0 Å². The van der Waals surface area contributed by atoms with E-state index in [9.17, 15) is 9.59 Å². The van der Waals surface area contributed by atoms with E-state index in [1.54, 1.807) is 11.1 Å². The second kappa shape index (κ2) is 7.99. The number of hydrogen-bond donors (Lipinski definition) is 3. The predicted molar refractivity (Wildman–Crippen MR) is 108 cm³/mol. The molecule has 3 amide bonds. The van der Waals surface area contributed by atoms with Crippen molar-refractivity contribution >= 4 is 34.3 Å². The molecule has 1 fully saturated rings. The van der Waals surface area contributed by atoms with Crippen molar-refractivity contribution in [3.8, 4) is 0 Å². The molecule has 1 aliphatic rings. The number of carbonyl (C=O) groups is 2. The first kappa shape index (κ1) is 17.8. The third kappa shape index (κ3) is 4.06. The molecule has 8 nitrogen and oxygen atoms in total. The largest absolute Gasteiger partial charge is 0.361 e. The van der Waals surface area contributed by atoms with E-state index >= 15 is 0 Å². The van der Waals surface area contributed by atoms with Gasteiger partial charge in [0.2, 0.25) is 5.91 Å². The summed E-state index contributed by atoms with van der Waals surface area (Å²) in [7, 11) is 0. The van der Waals surface area contributed by atoms with Crippen molar-refractivity contribution in [2.24, 2.45) is 0 Å². The summed E-state index contributed by atoms with van der Waals surface area (Å²) in [6.45, 7) is 2.55. The lowest BCUT2D eigenvalue weighted by Gasteiger charge is -2.35. The number of amides is 3. The molecule has 2 aromatic heterocycles. The topological polar surface area (TPSA) is 93.4 Å². The minimum Gasteiger partial charge on any atom is -0.361 e. The van der Waals surface area contributed by atoms with Crippen LogP contribution in [0.5, 0.6) is 0 Å². The fourth-order valence-corrected chi connectivity index (χ4v) is 3.28. The molecule has 0 atom stereocenters. The number of nitrogens with one attached hydrogen (secondary N) is 3. The first-order chi connectivity index (χ1) is 13.7. The van der Waals surface area contributed by atoms with Gasteiger partial charge in [-0.1, -0.05) is 6.07 Å². The number of fused-ring (bicyclic) bond motifs is 1. The normalized spacial score (nSPS) is 14.1. The number of hydrogen-bond acceptors (Lipinski definition) is 4. The van der Waals surface area contributed by atoms with Gasteiger partial charge in [-0.2, -0.15) is 0 Å². The molecule has 0 unspecified atom stereocenters. The Balaban J connectivity index is 1.23. The van der Waals surface area contributed by atoms with Gasteiger partial charge in [0.05, 0.1) is 6.54 Å². The summed E-state index contributed by atoms with van der Waals surface area (Å²) in [5.41, 5.74) is 1.71. The van der Waals surface area contributed by atoms with Gasteiger partial charge in [0.25, 0.3) is 0 Å². The lowest BCUT2D eigenvalue weighted by Crippen LogP contribution is -2.52. The molecule has 3 heterocycles. The third-order valence-electron chi connectivity index (χ3n) is 4.78. The van der Waals surface area contributed by atoms with Crippen LogP contribution in [0.25, 0.3) is 10.9 Å². The third-order valence-corrected chi connectivity index (χ3v) is 4.78. The molecule has 0 spiro atoms. The van der Waals surface area contributed by atoms with Crippen molar-refractivity contribution in [3.05, 3.63) is 54.9 Å². The Kier molecular flexibility index (Phi) is 5.09. The lowest BCUT2D eigenvalue weighted by atomic mass is 10.2. The second-order valence-corrected chi connectivity index (χ2v) is 6.65. The quantitative estimate of drug-likeness (QED) is 0.648. The number of rotatable bonds is 4. The monoisotopic (exact) mass is 378 g/mol. The number of aromatic amines is 1. The molecule has 1 saturated heterocycles. The van der Waals surface area contributed by atoms with E-state index in [0.29, 0.717) is 31.9 Å². The Bertz CT molecular complexity index is 963. The van der Waals surface area contributed by atoms with Gasteiger partial charge < -0.3 is 25.4 Å². The van der Waals surface area contributed by atoms with Crippen LogP contribution in [-0.2, 0) is 4.79 Å². The zero-order chi connectivity index (χ0) is 19.3. The van der Waals surface area contributed by atoms with E-state index in [1.807, 2.05) is 48.7 Å². The summed E-state index contributed by atoms with van der Waals surface area (Å²) >= 11 is 0. The molecule has 0 aliphatic carbocycles. The molecule has 3 N–H and O–H groups in total. The highest BCUT2D eigenvalue weighted by atomic mass is 16.2. The molecule has 4 rings (SSSR count). The standard InChI is InChI=1S/C20H22N6O2/c27-19(24-16-4-5-17-15(13-16)6-8-21-17)14-23-20(28)26-11-9-25(10-12-26)18-3-1-2-7-22-18/h1-8,13,21H,9-12,14H2,(H,23,28)(H,24,27). The van der Waals surface area contributed by atoms with E-state index < -0.39 is 0 Å². The highest BCUT2D eigenvalue weighted by Crippen LogP contribution is 2.17. The number of anilines is 2. The Morgan fingerprint density at radius 1 is 1.07 bits per heavy atom.